The van der Waals surface area contributed by atoms with Crippen LogP contribution in [0.25, 0.3) is 22.0 Å². The molecule has 5 heterocycles. The first-order chi connectivity index (χ1) is 23.5. The highest BCUT2D eigenvalue weighted by atomic mass is 32.2. The van der Waals surface area contributed by atoms with Crippen LogP contribution >= 0.6 is 23.1 Å². The van der Waals surface area contributed by atoms with E-state index in [-0.39, 0.29) is 31.1 Å². The number of hydrogen-bond acceptors (Lipinski definition) is 15. The fraction of sp³-hybridized carbons (Fsp3) is 0.483. The molecule has 262 valence electrons. The average Bonchev–Trinajstić information content (AvgIpc) is 3.86. The van der Waals surface area contributed by atoms with Gasteiger partial charge in [-0.25, -0.2) is 27.5 Å². The van der Waals surface area contributed by atoms with Crippen LogP contribution in [-0.2, 0) is 33.3 Å². The van der Waals surface area contributed by atoms with Crippen molar-refractivity contribution in [2.75, 3.05) is 26.9 Å². The zero-order valence-corrected chi connectivity index (χ0v) is 27.7. The number of thiazole rings is 1. The number of esters is 2. The number of nitrogens with zero attached hydrogens (tertiary/aromatic N) is 7. The van der Waals surface area contributed by atoms with Gasteiger partial charge in [-0.3, -0.25) is 9.59 Å². The van der Waals surface area contributed by atoms with Gasteiger partial charge >= 0.3 is 11.9 Å². The van der Waals surface area contributed by atoms with Crippen LogP contribution in [0.1, 0.15) is 25.9 Å². The van der Waals surface area contributed by atoms with E-state index in [1.165, 1.54) is 59.6 Å². The lowest BCUT2D eigenvalue weighted by atomic mass is 9.96. The number of aliphatic hydroxyl groups excluding tert-OH is 1. The van der Waals surface area contributed by atoms with Crippen LogP contribution in [0.4, 0.5) is 13.2 Å². The van der Waals surface area contributed by atoms with Crippen molar-refractivity contribution < 1.29 is 51.6 Å². The van der Waals surface area contributed by atoms with Gasteiger partial charge in [0.15, 0.2) is 23.6 Å². The molecular weight excluding hydrogens is 695 g/mol. The second-order valence-electron chi connectivity index (χ2n) is 11.1. The van der Waals surface area contributed by atoms with Gasteiger partial charge in [0.2, 0.25) is 0 Å². The van der Waals surface area contributed by atoms with Crippen molar-refractivity contribution in [3.63, 3.8) is 0 Å². The summed E-state index contributed by atoms with van der Waals surface area (Å²) in [5, 5.41) is 29.9. The molecule has 0 bridgehead atoms. The fourth-order valence-electron chi connectivity index (χ4n) is 5.65. The maximum Gasteiger partial charge on any atom is 0.303 e. The zero-order valence-electron chi connectivity index (χ0n) is 26.1. The Morgan fingerprint density at radius 3 is 2.43 bits per heavy atom. The molecule has 8 unspecified atom stereocenters. The van der Waals surface area contributed by atoms with Gasteiger partial charge in [-0.15, -0.1) is 33.3 Å². The highest BCUT2D eigenvalue weighted by Crippen LogP contribution is 2.42. The van der Waals surface area contributed by atoms with E-state index in [1.807, 2.05) is 5.38 Å². The number of carbonyl (C=O) groups excluding carboxylic acids is 2. The third kappa shape index (κ3) is 7.48. The Morgan fingerprint density at radius 1 is 1.04 bits per heavy atom. The van der Waals surface area contributed by atoms with Crippen LogP contribution in [0.3, 0.4) is 0 Å². The summed E-state index contributed by atoms with van der Waals surface area (Å²) in [6.45, 7) is 2.32. The summed E-state index contributed by atoms with van der Waals surface area (Å²) in [5.41, 5.74) is -0.502. The summed E-state index contributed by atoms with van der Waals surface area (Å²) in [6, 6.07) is -0.0863. The number of aromatic nitrogens is 7. The summed E-state index contributed by atoms with van der Waals surface area (Å²) in [5.74, 6) is -5.79. The molecule has 0 amide bonds. The summed E-state index contributed by atoms with van der Waals surface area (Å²) in [7, 11) is 1.39. The van der Waals surface area contributed by atoms with Crippen molar-refractivity contribution in [3.05, 3.63) is 53.6 Å². The van der Waals surface area contributed by atoms with E-state index >= 15 is 0 Å². The highest BCUT2D eigenvalue weighted by Gasteiger charge is 2.52. The Balaban J connectivity index is 1.31. The van der Waals surface area contributed by atoms with E-state index in [4.69, 9.17) is 23.7 Å². The molecule has 0 spiro atoms. The van der Waals surface area contributed by atoms with Gasteiger partial charge in [0.1, 0.15) is 52.7 Å². The topological polar surface area (TPSA) is 175 Å². The lowest BCUT2D eigenvalue weighted by Gasteiger charge is -2.46. The summed E-state index contributed by atoms with van der Waals surface area (Å²) in [4.78, 5) is 28.4. The minimum Gasteiger partial charge on any atom is -0.463 e. The molecule has 1 aromatic carbocycles. The molecule has 0 saturated carbocycles. The molecule has 6 rings (SSSR count). The quantitative estimate of drug-likeness (QED) is 0.187. The molecule has 2 aliphatic heterocycles. The molecule has 0 radical (unpaired) electrons. The van der Waals surface area contributed by atoms with Crippen molar-refractivity contribution >= 4 is 35.0 Å². The van der Waals surface area contributed by atoms with Crippen LogP contribution in [0.5, 0.6) is 0 Å². The standard InChI is InChI=1S/C29H30F3N7O8S2/c1-13(40)45-11-21-26(46-14(2)41)24(39-8-18(34-37-39)15-6-16(30)23(32)17(31)7-15)27(43-3)29(47-21)49-22-12-44-10-20(25(22)42)38-9-19(35-36-38)28-33-4-5-48-28/h4-9,20-22,24-27,29,42H,10-12H2,1-3H3. The monoisotopic (exact) mass is 725 g/mol. The number of rotatable bonds is 10. The van der Waals surface area contributed by atoms with Gasteiger partial charge in [-0.05, 0) is 12.1 Å². The summed E-state index contributed by atoms with van der Waals surface area (Å²) in [6.07, 6.45) is 0.441. The average molecular weight is 726 g/mol. The molecule has 2 aliphatic rings. The van der Waals surface area contributed by atoms with Gasteiger partial charge in [0, 0.05) is 38.1 Å². The van der Waals surface area contributed by atoms with E-state index in [0.29, 0.717) is 10.7 Å². The first-order valence-electron chi connectivity index (χ1n) is 14.8. The van der Waals surface area contributed by atoms with Crippen LogP contribution in [0.15, 0.2) is 36.1 Å². The molecule has 1 N–H and O–H groups in total. The van der Waals surface area contributed by atoms with E-state index in [9.17, 15) is 27.9 Å². The van der Waals surface area contributed by atoms with Gasteiger partial charge in [-0.2, -0.15) is 0 Å². The highest BCUT2D eigenvalue weighted by molar-refractivity contribution is 8.00. The molecule has 49 heavy (non-hydrogen) atoms. The van der Waals surface area contributed by atoms with Gasteiger partial charge in [-0.1, -0.05) is 10.4 Å². The van der Waals surface area contributed by atoms with Crippen molar-refractivity contribution in [2.45, 2.75) is 61.0 Å². The van der Waals surface area contributed by atoms with E-state index in [0.717, 1.165) is 12.1 Å². The first kappa shape index (κ1) is 34.9. The van der Waals surface area contributed by atoms with Crippen LogP contribution in [-0.4, -0.2) is 114 Å². The predicted octanol–water partition coefficient (Wildman–Crippen LogP) is 2.59. The SMILES string of the molecule is COC1C(SC2COCC(n3cc(-c4nccs4)nn3)C2O)OC(COC(C)=O)C(OC(C)=O)C1n1cc(-c2cc(F)c(F)c(F)c2)nn1. The number of carbonyl (C=O) groups is 2. The lowest BCUT2D eigenvalue weighted by molar-refractivity contribution is -0.208. The largest absolute Gasteiger partial charge is 0.463 e. The number of hydrogen-bond donors (Lipinski definition) is 1. The van der Waals surface area contributed by atoms with Crippen molar-refractivity contribution in [1.29, 1.82) is 0 Å². The number of thioether (sulfide) groups is 1. The maximum atomic E-state index is 14.1. The molecular formula is C29H30F3N7O8S2. The number of aliphatic hydroxyl groups is 1. The number of ether oxygens (including phenoxy) is 5. The molecule has 8 atom stereocenters. The Labute approximate surface area is 284 Å². The van der Waals surface area contributed by atoms with Gasteiger partial charge in [0.05, 0.1) is 37.0 Å². The molecule has 4 aromatic rings. The predicted molar refractivity (Wildman–Crippen MR) is 164 cm³/mol. The zero-order chi connectivity index (χ0) is 34.8. The minimum absolute atomic E-state index is 0.0228. The van der Waals surface area contributed by atoms with Crippen molar-refractivity contribution in [1.82, 2.24) is 35.0 Å². The molecule has 2 fully saturated rings. The summed E-state index contributed by atoms with van der Waals surface area (Å²) >= 11 is 2.57. The minimum atomic E-state index is -1.64. The summed E-state index contributed by atoms with van der Waals surface area (Å²) < 4.78 is 73.7. The molecule has 3 aromatic heterocycles. The Kier molecular flexibility index (Phi) is 10.6. The van der Waals surface area contributed by atoms with Crippen molar-refractivity contribution in [3.8, 4) is 22.0 Å². The second-order valence-corrected chi connectivity index (χ2v) is 13.4. The Morgan fingerprint density at radius 2 is 1.76 bits per heavy atom. The van der Waals surface area contributed by atoms with Crippen LogP contribution in [0, 0.1) is 17.5 Å². The van der Waals surface area contributed by atoms with E-state index < -0.39 is 76.6 Å². The molecule has 20 heteroatoms. The second kappa shape index (κ2) is 14.9. The van der Waals surface area contributed by atoms with Crippen LogP contribution in [0.2, 0.25) is 0 Å². The number of halogens is 3. The van der Waals surface area contributed by atoms with E-state index in [1.54, 1.807) is 12.4 Å². The number of benzene rings is 1. The Hall–Kier alpha value is -3.95. The first-order valence-corrected chi connectivity index (χ1v) is 16.6. The van der Waals surface area contributed by atoms with E-state index in [2.05, 4.69) is 25.6 Å². The Bertz CT molecular complexity index is 1760. The third-order valence-corrected chi connectivity index (χ3v) is 10.1. The molecule has 15 nitrogen and oxygen atoms in total. The number of methoxy groups -OCH3 is 1. The van der Waals surface area contributed by atoms with Gasteiger partial charge in [0.25, 0.3) is 0 Å². The maximum absolute atomic E-state index is 14.1. The van der Waals surface area contributed by atoms with Crippen LogP contribution < -0.4 is 0 Å². The fourth-order valence-corrected chi connectivity index (χ4v) is 7.73. The molecule has 2 saturated heterocycles. The third-order valence-electron chi connectivity index (χ3n) is 7.89. The lowest BCUT2D eigenvalue weighted by Crippen LogP contribution is -2.58. The molecule has 0 aliphatic carbocycles. The normalized spacial score (nSPS) is 27.2. The van der Waals surface area contributed by atoms with Gasteiger partial charge < -0.3 is 28.8 Å². The smallest absolute Gasteiger partial charge is 0.303 e. The van der Waals surface area contributed by atoms with Crippen molar-refractivity contribution in [2.24, 2.45) is 0 Å².